The van der Waals surface area contributed by atoms with Crippen molar-refractivity contribution in [1.82, 2.24) is 0 Å². The minimum Gasteiger partial charge on any atom is -0.482 e. The van der Waals surface area contributed by atoms with Crippen LogP contribution < -0.4 is 10.1 Å². The van der Waals surface area contributed by atoms with E-state index in [0.717, 1.165) is 20.9 Å². The number of aryl methyl sites for hydroxylation is 1. The van der Waals surface area contributed by atoms with Crippen molar-refractivity contribution in [1.29, 1.82) is 0 Å². The molecule has 0 heterocycles. The maximum absolute atomic E-state index is 12.1. The fraction of sp³-hybridized carbons (Fsp3) is 0.263. The highest BCUT2D eigenvalue weighted by Gasteiger charge is 2.11. The predicted molar refractivity (Wildman–Crippen MR) is 108 cm³/mol. The van der Waals surface area contributed by atoms with Gasteiger partial charge in [-0.3, -0.25) is 4.79 Å². The first kappa shape index (κ1) is 20.5. The number of esters is 1. The van der Waals surface area contributed by atoms with Crippen molar-refractivity contribution in [2.75, 3.05) is 18.5 Å². The molecule has 1 N–H and O–H groups in total. The Morgan fingerprint density at radius 2 is 1.81 bits per heavy atom. The summed E-state index contributed by atoms with van der Waals surface area (Å²) in [6.45, 7) is 4.10. The molecule has 2 aromatic rings. The lowest BCUT2D eigenvalue weighted by molar-refractivity contribution is -0.118. The first-order chi connectivity index (χ1) is 12.4. The molecule has 0 radical (unpaired) electrons. The fourth-order valence-corrected chi connectivity index (χ4v) is 3.73. The third kappa shape index (κ3) is 5.85. The Hall–Kier alpha value is -1.86. The summed E-state index contributed by atoms with van der Waals surface area (Å²) in [5.41, 5.74) is 1.94. The predicted octanol–water partition coefficient (Wildman–Crippen LogP) is 5.10. The number of carbonyl (C=O) groups is 2. The molecule has 138 valence electrons. The average Bonchev–Trinajstić information content (AvgIpc) is 2.59. The number of carbonyl (C=O) groups excluding carboxylic acids is 2. The van der Waals surface area contributed by atoms with E-state index >= 15 is 0 Å². The van der Waals surface area contributed by atoms with Crippen LogP contribution >= 0.6 is 31.9 Å². The Labute approximate surface area is 169 Å². The van der Waals surface area contributed by atoms with Crippen LogP contribution in [0.2, 0.25) is 0 Å². The van der Waals surface area contributed by atoms with Crippen LogP contribution in [0.5, 0.6) is 5.75 Å². The third-order valence-corrected chi connectivity index (χ3v) is 4.43. The Morgan fingerprint density at radius 3 is 2.42 bits per heavy atom. The van der Waals surface area contributed by atoms with Crippen molar-refractivity contribution in [3.8, 4) is 5.75 Å². The number of amides is 1. The molecule has 5 nitrogen and oxygen atoms in total. The minimum absolute atomic E-state index is 0.124. The number of nitrogens with one attached hydrogen (secondary N) is 1. The molecule has 0 saturated heterocycles. The summed E-state index contributed by atoms with van der Waals surface area (Å²) in [6.07, 6.45) is 0.772. The number of anilines is 1. The summed E-state index contributed by atoms with van der Waals surface area (Å²) in [4.78, 5) is 23.8. The van der Waals surface area contributed by atoms with Gasteiger partial charge in [-0.25, -0.2) is 4.79 Å². The van der Waals surface area contributed by atoms with Crippen LogP contribution in [0.4, 0.5) is 5.69 Å². The first-order valence-electron chi connectivity index (χ1n) is 8.06. The second-order valence-electron chi connectivity index (χ2n) is 5.58. The number of benzene rings is 2. The molecule has 0 aliphatic rings. The summed E-state index contributed by atoms with van der Waals surface area (Å²) in [5.74, 6) is -0.0403. The lowest BCUT2D eigenvalue weighted by Gasteiger charge is -2.12. The molecular weight excluding hydrogens is 466 g/mol. The van der Waals surface area contributed by atoms with Gasteiger partial charge in [0.25, 0.3) is 5.91 Å². The second-order valence-corrected chi connectivity index (χ2v) is 7.35. The molecule has 0 aliphatic carbocycles. The topological polar surface area (TPSA) is 64.6 Å². The largest absolute Gasteiger partial charge is 0.482 e. The van der Waals surface area contributed by atoms with Crippen molar-refractivity contribution in [3.63, 3.8) is 0 Å². The van der Waals surface area contributed by atoms with Crippen molar-refractivity contribution < 1.29 is 19.1 Å². The van der Waals surface area contributed by atoms with Crippen molar-refractivity contribution in [2.45, 2.75) is 20.3 Å². The van der Waals surface area contributed by atoms with Gasteiger partial charge in [0.05, 0.1) is 16.6 Å². The normalized spacial score (nSPS) is 10.3. The summed E-state index contributed by atoms with van der Waals surface area (Å²) in [5, 5.41) is 2.73. The van der Waals surface area contributed by atoms with Gasteiger partial charge < -0.3 is 14.8 Å². The SMILES string of the molecule is CCCOC(=O)c1ccc(NC(=O)COc2c(C)cc(Br)cc2Br)cc1. The number of ether oxygens (including phenoxy) is 2. The van der Waals surface area contributed by atoms with Gasteiger partial charge in [0.2, 0.25) is 0 Å². The van der Waals surface area contributed by atoms with Gasteiger partial charge in [-0.15, -0.1) is 0 Å². The minimum atomic E-state index is -0.372. The quantitative estimate of drug-likeness (QED) is 0.555. The van der Waals surface area contributed by atoms with E-state index in [9.17, 15) is 9.59 Å². The second kappa shape index (κ2) is 9.73. The van der Waals surface area contributed by atoms with Crippen LogP contribution in [0, 0.1) is 6.92 Å². The molecule has 0 bridgehead atoms. The van der Waals surface area contributed by atoms with E-state index in [1.807, 2.05) is 26.0 Å². The molecule has 0 fully saturated rings. The summed E-state index contributed by atoms with van der Waals surface area (Å²) in [7, 11) is 0. The van der Waals surface area contributed by atoms with Crippen LogP contribution in [0.25, 0.3) is 0 Å². The maximum atomic E-state index is 12.1. The fourth-order valence-electron chi connectivity index (χ4n) is 2.17. The van der Waals surface area contributed by atoms with Gasteiger partial charge in [-0.2, -0.15) is 0 Å². The molecule has 0 unspecified atom stereocenters. The average molecular weight is 485 g/mol. The zero-order chi connectivity index (χ0) is 19.1. The molecule has 0 saturated carbocycles. The zero-order valence-corrected chi connectivity index (χ0v) is 17.6. The molecule has 0 atom stereocenters. The smallest absolute Gasteiger partial charge is 0.338 e. The van der Waals surface area contributed by atoms with Crippen LogP contribution in [0.1, 0.15) is 29.3 Å². The Bertz CT molecular complexity index is 768. The Morgan fingerprint density at radius 1 is 1.12 bits per heavy atom. The van der Waals surface area contributed by atoms with Crippen molar-refractivity contribution in [3.05, 3.63) is 56.5 Å². The van der Waals surface area contributed by atoms with Crippen LogP contribution in [0.3, 0.4) is 0 Å². The van der Waals surface area contributed by atoms with Gasteiger partial charge in [-0.05, 0) is 71.2 Å². The molecule has 2 rings (SSSR count). The van der Waals surface area contributed by atoms with Crippen LogP contribution in [-0.2, 0) is 9.53 Å². The highest BCUT2D eigenvalue weighted by molar-refractivity contribution is 9.11. The van der Waals surface area contributed by atoms with E-state index in [2.05, 4.69) is 37.2 Å². The van der Waals surface area contributed by atoms with Gasteiger partial charge in [0.1, 0.15) is 5.75 Å². The summed E-state index contributed by atoms with van der Waals surface area (Å²) < 4.78 is 12.4. The zero-order valence-electron chi connectivity index (χ0n) is 14.5. The lowest BCUT2D eigenvalue weighted by Crippen LogP contribution is -2.20. The molecular formula is C19H19Br2NO4. The number of hydrogen-bond acceptors (Lipinski definition) is 4. The first-order valence-corrected chi connectivity index (χ1v) is 9.64. The van der Waals surface area contributed by atoms with Gasteiger partial charge in [0, 0.05) is 10.2 Å². The molecule has 7 heteroatoms. The Kier molecular flexibility index (Phi) is 7.66. The molecule has 1 amide bonds. The molecule has 0 aliphatic heterocycles. The van der Waals surface area contributed by atoms with Gasteiger partial charge >= 0.3 is 5.97 Å². The standard InChI is InChI=1S/C19H19Br2NO4/c1-3-8-25-19(24)13-4-6-15(7-5-13)22-17(23)11-26-18-12(2)9-14(20)10-16(18)21/h4-7,9-10H,3,8,11H2,1-2H3,(H,22,23). The molecule has 2 aromatic carbocycles. The summed E-state index contributed by atoms with van der Waals surface area (Å²) in [6, 6.07) is 10.3. The molecule has 0 aromatic heterocycles. The van der Waals surface area contributed by atoms with Crippen LogP contribution in [0.15, 0.2) is 45.3 Å². The number of rotatable bonds is 7. The number of hydrogen-bond donors (Lipinski definition) is 1. The number of halogens is 2. The monoisotopic (exact) mass is 483 g/mol. The van der Waals surface area contributed by atoms with E-state index in [-0.39, 0.29) is 18.5 Å². The van der Waals surface area contributed by atoms with Crippen molar-refractivity contribution >= 4 is 49.4 Å². The van der Waals surface area contributed by atoms with E-state index in [1.165, 1.54) is 0 Å². The highest BCUT2D eigenvalue weighted by atomic mass is 79.9. The molecule has 0 spiro atoms. The van der Waals surface area contributed by atoms with E-state index < -0.39 is 0 Å². The maximum Gasteiger partial charge on any atom is 0.338 e. The van der Waals surface area contributed by atoms with E-state index in [0.29, 0.717) is 23.6 Å². The lowest BCUT2D eigenvalue weighted by atomic mass is 10.2. The Balaban J connectivity index is 1.91. The van der Waals surface area contributed by atoms with E-state index in [1.54, 1.807) is 24.3 Å². The van der Waals surface area contributed by atoms with Gasteiger partial charge in [-0.1, -0.05) is 22.9 Å². The highest BCUT2D eigenvalue weighted by Crippen LogP contribution is 2.32. The van der Waals surface area contributed by atoms with E-state index in [4.69, 9.17) is 9.47 Å². The third-order valence-electron chi connectivity index (χ3n) is 3.38. The van der Waals surface area contributed by atoms with Gasteiger partial charge in [0.15, 0.2) is 6.61 Å². The van der Waals surface area contributed by atoms with Crippen molar-refractivity contribution in [2.24, 2.45) is 0 Å². The molecule has 26 heavy (non-hydrogen) atoms. The summed E-state index contributed by atoms with van der Waals surface area (Å²) >= 11 is 6.83. The van der Waals surface area contributed by atoms with Crippen LogP contribution in [-0.4, -0.2) is 25.1 Å².